The number of hydrogen-bond acceptors (Lipinski definition) is 3. The van der Waals surface area contributed by atoms with Crippen LogP contribution >= 0.6 is 0 Å². The summed E-state index contributed by atoms with van der Waals surface area (Å²) < 4.78 is 19.8. The monoisotopic (exact) mass is 323 g/mol. The average Bonchev–Trinajstić information content (AvgIpc) is 2.46. The summed E-state index contributed by atoms with van der Waals surface area (Å²) in [5, 5.41) is 0. The highest BCUT2D eigenvalue weighted by atomic mass is 32.2. The minimum absolute atomic E-state index is 0.289. The van der Waals surface area contributed by atoms with Gasteiger partial charge in [-0.05, 0) is 45.3 Å². The van der Waals surface area contributed by atoms with Crippen LogP contribution in [0.3, 0.4) is 0 Å². The molecule has 1 aromatic rings. The van der Waals surface area contributed by atoms with E-state index in [4.69, 9.17) is 4.74 Å². The van der Waals surface area contributed by atoms with Crippen molar-refractivity contribution in [2.24, 2.45) is 0 Å². The first-order valence-corrected chi connectivity index (χ1v) is 8.48. The predicted molar refractivity (Wildman–Crippen MR) is 91.5 cm³/mol. The van der Waals surface area contributed by atoms with E-state index in [-0.39, 0.29) is 6.61 Å². The molecule has 0 saturated heterocycles. The molecular weight excluding hydrogens is 298 g/mol. The van der Waals surface area contributed by atoms with Crippen molar-refractivity contribution < 1.29 is 13.7 Å². The number of carbonyl (C=O) groups excluding carboxylic acids is 1. The largest absolute Gasteiger partial charge is 0.465 e. The van der Waals surface area contributed by atoms with Gasteiger partial charge >= 0.3 is 5.97 Å². The van der Waals surface area contributed by atoms with Gasteiger partial charge in [0.25, 0.3) is 0 Å². The molecule has 122 valence electrons. The van der Waals surface area contributed by atoms with Gasteiger partial charge in [0.05, 0.1) is 22.3 Å². The predicted octanol–water partition coefficient (Wildman–Crippen LogP) is 3.07. The molecule has 1 unspecified atom stereocenters. The van der Waals surface area contributed by atoms with Gasteiger partial charge in [-0.25, -0.2) is 8.93 Å². The normalized spacial score (nSPS) is 14.2. The number of hydrogen-bond donors (Lipinski definition) is 1. The Labute approximate surface area is 135 Å². The Morgan fingerprint density at radius 2 is 1.91 bits per heavy atom. The van der Waals surface area contributed by atoms with Crippen molar-refractivity contribution in [2.45, 2.75) is 44.9 Å². The summed E-state index contributed by atoms with van der Waals surface area (Å²) in [4.78, 5) is 12.1. The van der Waals surface area contributed by atoms with E-state index in [2.05, 4.69) is 11.3 Å². The molecule has 1 aromatic carbocycles. The van der Waals surface area contributed by atoms with Crippen LogP contribution in [-0.2, 0) is 20.5 Å². The van der Waals surface area contributed by atoms with Crippen molar-refractivity contribution >= 4 is 22.5 Å². The minimum atomic E-state index is -1.36. The zero-order valence-electron chi connectivity index (χ0n) is 13.7. The number of rotatable bonds is 7. The highest BCUT2D eigenvalue weighted by Gasteiger charge is 2.28. The quantitative estimate of drug-likeness (QED) is 0.785. The Balaban J connectivity index is 2.85. The summed E-state index contributed by atoms with van der Waals surface area (Å²) in [6.45, 7) is 11.6. The lowest BCUT2D eigenvalue weighted by Gasteiger charge is -2.23. The molecule has 0 aliphatic heterocycles. The van der Waals surface area contributed by atoms with Crippen LogP contribution < -0.4 is 4.72 Å². The maximum Gasteiger partial charge on any atom is 0.324 e. The van der Waals surface area contributed by atoms with E-state index in [1.54, 1.807) is 6.92 Å². The molecule has 0 amide bonds. The van der Waals surface area contributed by atoms with Crippen molar-refractivity contribution in [1.29, 1.82) is 0 Å². The molecule has 0 saturated carbocycles. The van der Waals surface area contributed by atoms with Crippen LogP contribution in [0, 0.1) is 0 Å². The zero-order valence-corrected chi connectivity index (χ0v) is 14.5. The van der Waals surface area contributed by atoms with Gasteiger partial charge in [-0.2, -0.15) is 0 Å². The number of nitrogens with one attached hydrogen (secondary N) is 1. The van der Waals surface area contributed by atoms with Crippen LogP contribution in [0.2, 0.25) is 0 Å². The fourth-order valence-corrected chi connectivity index (χ4v) is 2.55. The van der Waals surface area contributed by atoms with Crippen LogP contribution in [0.15, 0.2) is 36.9 Å². The highest BCUT2D eigenvalue weighted by molar-refractivity contribution is 7.84. The van der Waals surface area contributed by atoms with Crippen LogP contribution in [0.4, 0.5) is 0 Å². The molecule has 0 heterocycles. The Kier molecular flexibility index (Phi) is 6.97. The van der Waals surface area contributed by atoms with Gasteiger partial charge in [-0.1, -0.05) is 36.9 Å². The van der Waals surface area contributed by atoms with Crippen LogP contribution in [0.25, 0.3) is 5.57 Å². The number of benzene rings is 1. The van der Waals surface area contributed by atoms with Gasteiger partial charge in [0.1, 0.15) is 6.04 Å². The van der Waals surface area contributed by atoms with Gasteiger partial charge in [0, 0.05) is 0 Å². The molecule has 5 heteroatoms. The van der Waals surface area contributed by atoms with Crippen LogP contribution in [0.5, 0.6) is 0 Å². The molecule has 1 rings (SSSR count). The Bertz CT molecular complexity index is 535. The van der Waals surface area contributed by atoms with Gasteiger partial charge < -0.3 is 4.74 Å². The van der Waals surface area contributed by atoms with Crippen molar-refractivity contribution in [1.82, 2.24) is 4.72 Å². The summed E-state index contributed by atoms with van der Waals surface area (Å²) >= 11 is 0. The second-order valence-corrected chi connectivity index (χ2v) is 7.98. The van der Waals surface area contributed by atoms with E-state index in [1.807, 2.05) is 51.1 Å². The summed E-state index contributed by atoms with van der Waals surface area (Å²) in [5.74, 6) is -0.405. The topological polar surface area (TPSA) is 55.4 Å². The maximum absolute atomic E-state index is 12.3. The molecule has 1 N–H and O–H groups in total. The standard InChI is InChI=1S/C17H25NO3S/c1-6-21-16(19)15(18-22(20)17(3,4)5)12-13(2)14-10-8-7-9-11-14/h7-11,15,18H,2,6,12H2,1,3-5H3/t15-,22?/m1/s1. The lowest BCUT2D eigenvalue weighted by atomic mass is 10.0. The molecule has 0 radical (unpaired) electrons. The van der Waals surface area contributed by atoms with E-state index in [0.29, 0.717) is 6.42 Å². The molecule has 4 nitrogen and oxygen atoms in total. The fourth-order valence-electron chi connectivity index (χ4n) is 1.76. The van der Waals surface area contributed by atoms with E-state index < -0.39 is 27.7 Å². The lowest BCUT2D eigenvalue weighted by Crippen LogP contribution is -2.44. The number of ether oxygens (including phenoxy) is 1. The third-order valence-corrected chi connectivity index (χ3v) is 4.62. The van der Waals surface area contributed by atoms with Gasteiger partial charge in [-0.15, -0.1) is 0 Å². The SMILES string of the molecule is C=C(C[C@@H](NS(=O)C(C)(C)C)C(=O)OCC)c1ccccc1. The summed E-state index contributed by atoms with van der Waals surface area (Å²) in [5.41, 5.74) is 1.76. The Hall–Kier alpha value is -1.46. The van der Waals surface area contributed by atoms with Crippen molar-refractivity contribution in [3.63, 3.8) is 0 Å². The van der Waals surface area contributed by atoms with Gasteiger partial charge in [0.15, 0.2) is 0 Å². The van der Waals surface area contributed by atoms with Gasteiger partial charge in [-0.3, -0.25) is 4.79 Å². The lowest BCUT2D eigenvalue weighted by molar-refractivity contribution is -0.144. The molecule has 22 heavy (non-hydrogen) atoms. The van der Waals surface area contributed by atoms with E-state index in [9.17, 15) is 9.00 Å². The Morgan fingerprint density at radius 1 is 1.32 bits per heavy atom. The zero-order chi connectivity index (χ0) is 16.8. The molecule has 0 bridgehead atoms. The number of esters is 1. The van der Waals surface area contributed by atoms with Crippen molar-refractivity contribution in [3.05, 3.63) is 42.5 Å². The summed E-state index contributed by atoms with van der Waals surface area (Å²) in [6.07, 6.45) is 0.352. The highest BCUT2D eigenvalue weighted by Crippen LogP contribution is 2.19. The van der Waals surface area contributed by atoms with E-state index in [0.717, 1.165) is 11.1 Å². The molecule has 2 atom stereocenters. The Morgan fingerprint density at radius 3 is 2.41 bits per heavy atom. The minimum Gasteiger partial charge on any atom is -0.465 e. The summed E-state index contributed by atoms with van der Waals surface area (Å²) in [7, 11) is -1.36. The molecule has 0 fully saturated rings. The van der Waals surface area contributed by atoms with E-state index in [1.165, 1.54) is 0 Å². The number of carbonyl (C=O) groups is 1. The first kappa shape index (κ1) is 18.6. The van der Waals surface area contributed by atoms with Crippen LogP contribution in [0.1, 0.15) is 39.7 Å². The molecular formula is C17H25NO3S. The second kappa shape index (κ2) is 8.25. The summed E-state index contributed by atoms with van der Waals surface area (Å²) in [6, 6.07) is 8.96. The molecule has 0 spiro atoms. The van der Waals surface area contributed by atoms with Gasteiger partial charge in [0.2, 0.25) is 0 Å². The fraction of sp³-hybridized carbons (Fsp3) is 0.471. The van der Waals surface area contributed by atoms with Crippen LogP contribution in [-0.4, -0.2) is 27.6 Å². The first-order chi connectivity index (χ1) is 10.3. The van der Waals surface area contributed by atoms with Crippen molar-refractivity contribution in [2.75, 3.05) is 6.61 Å². The maximum atomic E-state index is 12.3. The average molecular weight is 323 g/mol. The first-order valence-electron chi connectivity index (χ1n) is 7.33. The van der Waals surface area contributed by atoms with E-state index >= 15 is 0 Å². The third kappa shape index (κ3) is 5.73. The second-order valence-electron chi connectivity index (χ2n) is 5.98. The molecule has 0 aliphatic rings. The molecule has 0 aliphatic carbocycles. The smallest absolute Gasteiger partial charge is 0.324 e. The van der Waals surface area contributed by atoms with Crippen molar-refractivity contribution in [3.8, 4) is 0 Å². The molecule has 0 aromatic heterocycles. The third-order valence-electron chi connectivity index (χ3n) is 3.01.